The molecule has 7 nitrogen and oxygen atoms in total. The zero-order valence-electron chi connectivity index (χ0n) is 14.5. The lowest BCUT2D eigenvalue weighted by Crippen LogP contribution is -2.43. The molecule has 0 bridgehead atoms. The van der Waals surface area contributed by atoms with Crippen LogP contribution < -0.4 is 20.7 Å². The molecular weight excluding hydrogens is 310 g/mol. The molecule has 0 saturated carbocycles. The second-order valence-corrected chi connectivity index (χ2v) is 5.96. The zero-order valence-corrected chi connectivity index (χ0v) is 14.5. The molecule has 2 rings (SSSR count). The molecule has 0 fully saturated rings. The van der Waals surface area contributed by atoms with Crippen LogP contribution in [0.1, 0.15) is 38.8 Å². The van der Waals surface area contributed by atoms with E-state index < -0.39 is 6.10 Å². The normalized spacial score (nSPS) is 18.7. The number of fused-ring (bicyclic) bond motifs is 1. The van der Waals surface area contributed by atoms with Crippen molar-refractivity contribution in [1.82, 2.24) is 10.6 Å². The van der Waals surface area contributed by atoms with Gasteiger partial charge >= 0.3 is 6.03 Å². The maximum absolute atomic E-state index is 12.0. The van der Waals surface area contributed by atoms with Crippen LogP contribution in [0.25, 0.3) is 0 Å². The molecule has 3 atom stereocenters. The molecule has 1 aromatic rings. The molecule has 1 aromatic carbocycles. The number of urea groups is 1. The third-order valence-corrected chi connectivity index (χ3v) is 3.84. The summed E-state index contributed by atoms with van der Waals surface area (Å²) in [5, 5.41) is 8.51. The van der Waals surface area contributed by atoms with Gasteiger partial charge in [0.15, 0.2) is 6.10 Å². The Bertz CT molecular complexity index is 605. The number of hydrogen-bond donors (Lipinski definition) is 3. The van der Waals surface area contributed by atoms with Gasteiger partial charge in [-0.15, -0.1) is 0 Å². The first-order valence-electron chi connectivity index (χ1n) is 8.12. The molecule has 24 heavy (non-hydrogen) atoms. The molecule has 7 heteroatoms. The third-order valence-electron chi connectivity index (χ3n) is 3.84. The third kappa shape index (κ3) is 4.38. The Balaban J connectivity index is 2.02. The number of hydrogen-bond acceptors (Lipinski definition) is 4. The lowest BCUT2D eigenvalue weighted by Gasteiger charge is -2.26. The van der Waals surface area contributed by atoms with Crippen molar-refractivity contribution in [2.45, 2.75) is 45.4 Å². The van der Waals surface area contributed by atoms with E-state index in [9.17, 15) is 9.59 Å². The average molecular weight is 335 g/mol. The summed E-state index contributed by atoms with van der Waals surface area (Å²) in [5.41, 5.74) is 1.55. The molecule has 0 radical (unpaired) electrons. The van der Waals surface area contributed by atoms with Crippen molar-refractivity contribution in [3.8, 4) is 5.75 Å². The summed E-state index contributed by atoms with van der Waals surface area (Å²) in [7, 11) is 1.59. The summed E-state index contributed by atoms with van der Waals surface area (Å²) in [6.07, 6.45) is 0.123. The van der Waals surface area contributed by atoms with E-state index in [2.05, 4.69) is 16.0 Å². The maximum atomic E-state index is 12.0. The molecule has 0 unspecified atom stereocenters. The lowest BCUT2D eigenvalue weighted by atomic mass is 10.1. The fraction of sp³-hybridized carbons (Fsp3) is 0.529. The largest absolute Gasteiger partial charge is 0.478 e. The van der Waals surface area contributed by atoms with Crippen LogP contribution in [0, 0.1) is 0 Å². The van der Waals surface area contributed by atoms with Crippen LogP contribution in [0.3, 0.4) is 0 Å². The summed E-state index contributed by atoms with van der Waals surface area (Å²) in [6, 6.07) is 4.96. The van der Waals surface area contributed by atoms with Crippen molar-refractivity contribution < 1.29 is 19.1 Å². The summed E-state index contributed by atoms with van der Waals surface area (Å²) in [5.74, 6) is 0.496. The quantitative estimate of drug-likeness (QED) is 0.743. The SMILES string of the molecule is CC[C@@H]1Oc2cc([C@@H](C)NC(=O)N[C@@H](C)COC)ccc2NC1=O. The highest BCUT2D eigenvalue weighted by Crippen LogP contribution is 2.32. The Morgan fingerprint density at radius 3 is 2.79 bits per heavy atom. The van der Waals surface area contributed by atoms with Gasteiger partial charge < -0.3 is 25.4 Å². The topological polar surface area (TPSA) is 88.7 Å². The molecule has 3 N–H and O–H groups in total. The smallest absolute Gasteiger partial charge is 0.315 e. The van der Waals surface area contributed by atoms with Gasteiger partial charge in [0.05, 0.1) is 24.4 Å². The van der Waals surface area contributed by atoms with Crippen LogP contribution >= 0.6 is 0 Å². The Labute approximate surface area is 142 Å². The molecule has 0 aliphatic carbocycles. The molecular formula is C17H25N3O4. The Morgan fingerprint density at radius 1 is 1.38 bits per heavy atom. The van der Waals surface area contributed by atoms with E-state index in [-0.39, 0.29) is 24.0 Å². The molecule has 1 aliphatic heterocycles. The van der Waals surface area contributed by atoms with Crippen LogP contribution in [-0.2, 0) is 9.53 Å². The minimum atomic E-state index is -0.478. The standard InChI is InChI=1S/C17H25N3O4/c1-5-14-16(21)20-13-7-6-12(8-15(13)24-14)11(3)19-17(22)18-10(2)9-23-4/h6-8,10-11,14H,5,9H2,1-4H3,(H,20,21)(H2,18,19,22)/t10-,11+,14-/m0/s1. The second-order valence-electron chi connectivity index (χ2n) is 5.96. The van der Waals surface area contributed by atoms with Gasteiger partial charge in [0, 0.05) is 7.11 Å². The predicted octanol–water partition coefficient (Wildman–Crippen LogP) is 2.19. The van der Waals surface area contributed by atoms with Crippen molar-refractivity contribution in [2.75, 3.05) is 19.0 Å². The number of benzene rings is 1. The van der Waals surface area contributed by atoms with Gasteiger partial charge in [-0.25, -0.2) is 4.79 Å². The molecule has 132 valence electrons. The summed E-state index contributed by atoms with van der Waals surface area (Å²) in [4.78, 5) is 23.8. The van der Waals surface area contributed by atoms with Crippen LogP contribution in [0.4, 0.5) is 10.5 Å². The highest BCUT2D eigenvalue weighted by atomic mass is 16.5. The number of rotatable bonds is 6. The molecule has 0 saturated heterocycles. The second kappa shape index (κ2) is 8.01. The Kier molecular flexibility index (Phi) is 6.03. The molecule has 0 spiro atoms. The summed E-state index contributed by atoms with van der Waals surface area (Å²) in [6.45, 7) is 6.11. The first-order valence-corrected chi connectivity index (χ1v) is 8.12. The van der Waals surface area contributed by atoms with E-state index in [0.717, 1.165) is 5.56 Å². The maximum Gasteiger partial charge on any atom is 0.315 e. The first-order chi connectivity index (χ1) is 11.4. The van der Waals surface area contributed by atoms with Crippen molar-refractivity contribution in [3.63, 3.8) is 0 Å². The van der Waals surface area contributed by atoms with Crippen molar-refractivity contribution in [1.29, 1.82) is 0 Å². The molecule has 0 aromatic heterocycles. The summed E-state index contributed by atoms with van der Waals surface area (Å²) >= 11 is 0. The van der Waals surface area contributed by atoms with E-state index in [1.165, 1.54) is 0 Å². The van der Waals surface area contributed by atoms with Crippen LogP contribution in [-0.4, -0.2) is 37.8 Å². The fourth-order valence-corrected chi connectivity index (χ4v) is 2.53. The molecule has 1 aliphatic rings. The van der Waals surface area contributed by atoms with Crippen molar-refractivity contribution in [3.05, 3.63) is 23.8 Å². The van der Waals surface area contributed by atoms with Crippen molar-refractivity contribution >= 4 is 17.6 Å². The molecule has 1 heterocycles. The lowest BCUT2D eigenvalue weighted by molar-refractivity contribution is -0.123. The van der Waals surface area contributed by atoms with Gasteiger partial charge in [0.1, 0.15) is 5.75 Å². The van der Waals surface area contributed by atoms with E-state index in [1.54, 1.807) is 13.2 Å². The number of ether oxygens (including phenoxy) is 2. The van der Waals surface area contributed by atoms with Crippen LogP contribution in [0.15, 0.2) is 18.2 Å². The number of carbonyl (C=O) groups excluding carboxylic acids is 2. The Morgan fingerprint density at radius 2 is 2.12 bits per heavy atom. The van der Waals surface area contributed by atoms with Crippen LogP contribution in [0.5, 0.6) is 5.75 Å². The highest BCUT2D eigenvalue weighted by Gasteiger charge is 2.26. The number of amides is 3. The number of carbonyl (C=O) groups is 2. The van der Waals surface area contributed by atoms with Crippen LogP contribution in [0.2, 0.25) is 0 Å². The van der Waals surface area contributed by atoms with Gasteiger partial charge in [-0.3, -0.25) is 4.79 Å². The fourth-order valence-electron chi connectivity index (χ4n) is 2.53. The van der Waals surface area contributed by atoms with Gasteiger partial charge in [0.25, 0.3) is 5.91 Å². The highest BCUT2D eigenvalue weighted by molar-refractivity contribution is 5.97. The van der Waals surface area contributed by atoms with E-state index >= 15 is 0 Å². The van der Waals surface area contributed by atoms with E-state index in [4.69, 9.17) is 9.47 Å². The zero-order chi connectivity index (χ0) is 17.7. The number of methoxy groups -OCH3 is 1. The van der Waals surface area contributed by atoms with E-state index in [1.807, 2.05) is 32.9 Å². The average Bonchev–Trinajstić information content (AvgIpc) is 2.53. The van der Waals surface area contributed by atoms with Gasteiger partial charge in [-0.2, -0.15) is 0 Å². The Hall–Kier alpha value is -2.28. The van der Waals surface area contributed by atoms with Crippen molar-refractivity contribution in [2.24, 2.45) is 0 Å². The first kappa shape index (κ1) is 18.1. The summed E-state index contributed by atoms with van der Waals surface area (Å²) < 4.78 is 10.7. The number of anilines is 1. The minimum absolute atomic E-state index is 0.0745. The minimum Gasteiger partial charge on any atom is -0.478 e. The van der Waals surface area contributed by atoms with E-state index in [0.29, 0.717) is 24.5 Å². The van der Waals surface area contributed by atoms with Gasteiger partial charge in [-0.1, -0.05) is 13.0 Å². The van der Waals surface area contributed by atoms with Gasteiger partial charge in [-0.05, 0) is 38.0 Å². The van der Waals surface area contributed by atoms with Gasteiger partial charge in [0.2, 0.25) is 0 Å². The predicted molar refractivity (Wildman–Crippen MR) is 91.2 cm³/mol. The number of nitrogens with one attached hydrogen (secondary N) is 3. The monoisotopic (exact) mass is 335 g/mol. The molecule has 3 amide bonds.